The molecule has 0 saturated carbocycles. The van der Waals surface area contributed by atoms with Crippen LogP contribution in [-0.2, 0) is 33.0 Å². The second kappa shape index (κ2) is 10.5. The largest absolute Gasteiger partial charge is 0.378 e. The molecule has 1 aliphatic heterocycles. The van der Waals surface area contributed by atoms with E-state index in [0.717, 1.165) is 0 Å². The van der Waals surface area contributed by atoms with Crippen molar-refractivity contribution < 1.29 is 22.8 Å². The Labute approximate surface area is 224 Å². The smallest absolute Gasteiger partial charge is 0.359 e. The van der Waals surface area contributed by atoms with Gasteiger partial charge < -0.3 is 23.9 Å². The topological polar surface area (TPSA) is 172 Å². The summed E-state index contributed by atoms with van der Waals surface area (Å²) in [6.45, 7) is 2.77. The highest BCUT2D eigenvalue weighted by Crippen LogP contribution is 2.29. The number of aryl methyl sites for hydroxylation is 1. The monoisotopic (exact) mass is 553 g/mol. The van der Waals surface area contributed by atoms with E-state index in [4.69, 9.17) is 25.6 Å². The number of sulfone groups is 1. The van der Waals surface area contributed by atoms with Crippen molar-refractivity contribution in [2.45, 2.75) is 11.4 Å². The lowest BCUT2D eigenvalue weighted by Crippen LogP contribution is -2.37. The van der Waals surface area contributed by atoms with Gasteiger partial charge in [-0.15, -0.1) is 0 Å². The number of carbonyl (C=O) groups excluding carboxylic acids is 1. The Hall–Kier alpha value is -4.21. The third-order valence-electron chi connectivity index (χ3n) is 6.35. The van der Waals surface area contributed by atoms with Gasteiger partial charge in [0.2, 0.25) is 5.95 Å². The first kappa shape index (κ1) is 26.4. The van der Waals surface area contributed by atoms with Crippen LogP contribution in [-0.4, -0.2) is 83.5 Å². The quantitative estimate of drug-likeness (QED) is 0.318. The van der Waals surface area contributed by atoms with Crippen LogP contribution in [0.5, 0.6) is 0 Å². The zero-order valence-electron chi connectivity index (χ0n) is 21.6. The van der Waals surface area contributed by atoms with Crippen molar-refractivity contribution in [3.63, 3.8) is 0 Å². The second-order valence-electron chi connectivity index (χ2n) is 9.06. The van der Waals surface area contributed by atoms with Gasteiger partial charge in [0.25, 0.3) is 0 Å². The summed E-state index contributed by atoms with van der Waals surface area (Å²) in [5.41, 5.74) is 2.09. The van der Waals surface area contributed by atoms with E-state index in [1.807, 2.05) is 11.6 Å². The minimum Gasteiger partial charge on any atom is -0.378 e. The number of hydrogen-bond donors (Lipinski definition) is 1. The predicted molar refractivity (Wildman–Crippen MR) is 142 cm³/mol. The van der Waals surface area contributed by atoms with E-state index in [1.165, 1.54) is 18.6 Å². The molecule has 39 heavy (non-hydrogen) atoms. The van der Waals surface area contributed by atoms with Crippen molar-refractivity contribution in [2.75, 3.05) is 49.4 Å². The van der Waals surface area contributed by atoms with Crippen LogP contribution in [0.15, 0.2) is 41.6 Å². The molecule has 1 aliphatic rings. The van der Waals surface area contributed by atoms with Crippen LogP contribution in [0.4, 0.5) is 11.8 Å². The first-order valence-electron chi connectivity index (χ1n) is 12.0. The van der Waals surface area contributed by atoms with Crippen molar-refractivity contribution in [1.29, 1.82) is 0 Å². The van der Waals surface area contributed by atoms with Crippen molar-refractivity contribution in [3.8, 4) is 11.4 Å². The normalized spacial score (nSPS) is 14.0. The highest BCUT2D eigenvalue weighted by atomic mass is 32.2. The SMILES string of the molecule is CN(Cc1nc2c(N3CCOCC3)nc(-c3ccc(S(C)(=O)=O)cc3)nc2n1C)c1ncc(C(=O)ON)cn1. The Morgan fingerprint density at radius 2 is 1.77 bits per heavy atom. The van der Waals surface area contributed by atoms with Gasteiger partial charge in [0, 0.05) is 51.4 Å². The molecule has 14 nitrogen and oxygen atoms in total. The molecular weight excluding hydrogens is 526 g/mol. The van der Waals surface area contributed by atoms with Crippen molar-refractivity contribution >= 4 is 38.7 Å². The molecule has 15 heteroatoms. The summed E-state index contributed by atoms with van der Waals surface area (Å²) in [7, 11) is 0.344. The molecule has 1 saturated heterocycles. The van der Waals surface area contributed by atoms with Crippen LogP contribution in [0.1, 0.15) is 16.2 Å². The molecule has 0 bridgehead atoms. The van der Waals surface area contributed by atoms with E-state index in [-0.39, 0.29) is 10.5 Å². The molecule has 0 amide bonds. The van der Waals surface area contributed by atoms with E-state index in [1.54, 1.807) is 36.2 Å². The molecule has 4 heterocycles. The number of nitrogens with two attached hydrogens (primary N) is 1. The molecule has 4 aromatic rings. The fourth-order valence-corrected chi connectivity index (χ4v) is 4.81. The van der Waals surface area contributed by atoms with Crippen molar-refractivity contribution in [3.05, 3.63) is 48.0 Å². The molecule has 0 radical (unpaired) electrons. The fraction of sp³-hybridized carbons (Fsp3) is 0.333. The predicted octanol–water partition coefficient (Wildman–Crippen LogP) is 0.727. The van der Waals surface area contributed by atoms with Gasteiger partial charge in [-0.1, -0.05) is 0 Å². The summed E-state index contributed by atoms with van der Waals surface area (Å²) in [6.07, 6.45) is 3.85. The standard InChI is InChI=1S/C24H27N9O5S/c1-31(24-26-12-16(13-27-24)23(34)38-25)14-18-28-19-21(32(18)2)29-20(30-22(19)33-8-10-37-11-9-33)15-4-6-17(7-5-15)39(3,35)36/h4-7,12-13H,8-11,14,25H2,1-3H3. The van der Waals surface area contributed by atoms with Gasteiger partial charge in [-0.2, -0.15) is 5.90 Å². The maximum atomic E-state index is 11.9. The molecular formula is C24H27N9O5S. The third kappa shape index (κ3) is 5.36. The van der Waals surface area contributed by atoms with E-state index in [9.17, 15) is 13.2 Å². The van der Waals surface area contributed by atoms with Crippen LogP contribution < -0.4 is 15.7 Å². The lowest BCUT2D eigenvalue weighted by molar-refractivity contribution is 0.0502. The van der Waals surface area contributed by atoms with Crippen LogP contribution in [0.25, 0.3) is 22.6 Å². The summed E-state index contributed by atoms with van der Waals surface area (Å²) in [6, 6.07) is 6.50. The van der Waals surface area contributed by atoms with E-state index < -0.39 is 15.8 Å². The van der Waals surface area contributed by atoms with Gasteiger partial charge in [0.05, 0.1) is 30.2 Å². The fourth-order valence-electron chi connectivity index (χ4n) is 4.18. The number of hydrogen-bond acceptors (Lipinski definition) is 13. The lowest BCUT2D eigenvalue weighted by atomic mass is 10.2. The van der Waals surface area contributed by atoms with Crippen LogP contribution in [0, 0.1) is 0 Å². The Kier molecular flexibility index (Phi) is 7.12. The van der Waals surface area contributed by atoms with Gasteiger partial charge in [0.15, 0.2) is 32.6 Å². The number of carbonyl (C=O) groups is 1. The Bertz CT molecular complexity index is 1620. The third-order valence-corrected chi connectivity index (χ3v) is 7.47. The highest BCUT2D eigenvalue weighted by Gasteiger charge is 2.23. The second-order valence-corrected chi connectivity index (χ2v) is 11.1. The van der Waals surface area contributed by atoms with Crippen LogP contribution in [0.2, 0.25) is 0 Å². The highest BCUT2D eigenvalue weighted by molar-refractivity contribution is 7.90. The van der Waals surface area contributed by atoms with Gasteiger partial charge >= 0.3 is 5.97 Å². The number of nitrogens with zero attached hydrogens (tertiary/aromatic N) is 8. The van der Waals surface area contributed by atoms with Crippen LogP contribution >= 0.6 is 0 Å². The first-order chi connectivity index (χ1) is 18.7. The van der Waals surface area contributed by atoms with E-state index in [0.29, 0.717) is 73.0 Å². The van der Waals surface area contributed by atoms with Gasteiger partial charge in [-0.05, 0) is 24.3 Å². The summed E-state index contributed by atoms with van der Waals surface area (Å²) in [5, 5.41) is 0. The van der Waals surface area contributed by atoms with Crippen molar-refractivity contribution in [2.24, 2.45) is 12.9 Å². The molecule has 1 aromatic carbocycles. The number of rotatable bonds is 7. The van der Waals surface area contributed by atoms with Crippen LogP contribution in [0.3, 0.4) is 0 Å². The molecule has 1 fully saturated rings. The maximum Gasteiger partial charge on any atom is 0.359 e. The molecule has 204 valence electrons. The summed E-state index contributed by atoms with van der Waals surface area (Å²) >= 11 is 0. The first-order valence-corrected chi connectivity index (χ1v) is 13.9. The minimum absolute atomic E-state index is 0.139. The molecule has 3 aromatic heterocycles. The average molecular weight is 554 g/mol. The number of aromatic nitrogens is 6. The zero-order valence-corrected chi connectivity index (χ0v) is 22.4. The number of anilines is 2. The maximum absolute atomic E-state index is 11.9. The molecule has 0 unspecified atom stereocenters. The summed E-state index contributed by atoms with van der Waals surface area (Å²) in [5.74, 6) is 6.40. The molecule has 0 atom stereocenters. The Balaban J connectivity index is 1.53. The van der Waals surface area contributed by atoms with E-state index in [2.05, 4.69) is 19.7 Å². The number of fused-ring (bicyclic) bond motifs is 1. The number of benzene rings is 1. The number of morpholine rings is 1. The number of imidazole rings is 1. The molecule has 5 rings (SSSR count). The van der Waals surface area contributed by atoms with Gasteiger partial charge in [0.1, 0.15) is 5.82 Å². The molecule has 2 N–H and O–H groups in total. The van der Waals surface area contributed by atoms with Gasteiger partial charge in [-0.25, -0.2) is 38.1 Å². The lowest BCUT2D eigenvalue weighted by Gasteiger charge is -2.28. The van der Waals surface area contributed by atoms with Gasteiger partial charge in [-0.3, -0.25) is 0 Å². The van der Waals surface area contributed by atoms with Crippen molar-refractivity contribution in [1.82, 2.24) is 29.5 Å². The van der Waals surface area contributed by atoms with E-state index >= 15 is 0 Å². The molecule has 0 aliphatic carbocycles. The Morgan fingerprint density at radius 1 is 1.10 bits per heavy atom. The zero-order chi connectivity index (χ0) is 27.7. The summed E-state index contributed by atoms with van der Waals surface area (Å²) < 4.78 is 31.2. The molecule has 0 spiro atoms. The summed E-state index contributed by atoms with van der Waals surface area (Å²) in [4.78, 5) is 42.9. The minimum atomic E-state index is -3.33. The number of ether oxygens (including phenoxy) is 1. The average Bonchev–Trinajstić information content (AvgIpc) is 3.26. The Morgan fingerprint density at radius 3 is 2.38 bits per heavy atom.